The summed E-state index contributed by atoms with van der Waals surface area (Å²) in [7, 11) is 0. The number of hydrogen-bond acceptors (Lipinski definition) is 1. The molecule has 0 radical (unpaired) electrons. The summed E-state index contributed by atoms with van der Waals surface area (Å²) >= 11 is 0. The summed E-state index contributed by atoms with van der Waals surface area (Å²) in [5.41, 5.74) is 0.990. The topological polar surface area (TPSA) is 17.1 Å². The van der Waals surface area contributed by atoms with Gasteiger partial charge in [0.05, 0.1) is 0 Å². The Morgan fingerprint density at radius 2 is 1.80 bits per heavy atom. The van der Waals surface area contributed by atoms with E-state index >= 15 is 0 Å². The van der Waals surface area contributed by atoms with Crippen LogP contribution in [0.3, 0.4) is 0 Å². The lowest BCUT2D eigenvalue weighted by molar-refractivity contribution is -0.118. The van der Waals surface area contributed by atoms with Crippen LogP contribution in [-0.2, 0) is 4.79 Å². The fraction of sp³-hybridized carbons (Fsp3) is 0.947. The van der Waals surface area contributed by atoms with Crippen LogP contribution in [0, 0.1) is 34.5 Å². The van der Waals surface area contributed by atoms with E-state index in [-0.39, 0.29) is 0 Å². The molecule has 0 aromatic heterocycles. The largest absolute Gasteiger partial charge is 0.300 e. The van der Waals surface area contributed by atoms with Crippen molar-refractivity contribution in [3.8, 4) is 0 Å². The number of fused-ring (bicyclic) bond motifs is 5. The van der Waals surface area contributed by atoms with Gasteiger partial charge in [-0.15, -0.1) is 0 Å². The molecular formula is C19H30O. The molecule has 4 saturated carbocycles. The summed E-state index contributed by atoms with van der Waals surface area (Å²) in [6.07, 6.45) is 13.3. The van der Waals surface area contributed by atoms with Crippen LogP contribution in [0.4, 0.5) is 0 Å². The van der Waals surface area contributed by atoms with Crippen LogP contribution in [0.15, 0.2) is 0 Å². The van der Waals surface area contributed by atoms with Crippen LogP contribution in [0.2, 0.25) is 0 Å². The molecule has 0 aromatic rings. The lowest BCUT2D eigenvalue weighted by Crippen LogP contribution is -2.51. The summed E-state index contributed by atoms with van der Waals surface area (Å²) < 4.78 is 0. The molecule has 112 valence electrons. The van der Waals surface area contributed by atoms with Gasteiger partial charge in [-0.05, 0) is 73.0 Å². The standard InChI is InChI=1S/C19H30O/c1-18-10-8-16-15(17(18)11-14(20)12-18)7-6-13-5-3-4-9-19(13,16)2/h13,15-17H,3-12H2,1-2H3/t13-,15-,16+,17+,18+,19+/m1/s1. The van der Waals surface area contributed by atoms with Crippen molar-refractivity contribution in [3.05, 3.63) is 0 Å². The van der Waals surface area contributed by atoms with E-state index in [1.54, 1.807) is 0 Å². The maximum Gasteiger partial charge on any atom is 0.133 e. The molecule has 0 aliphatic heterocycles. The molecule has 4 rings (SSSR count). The fourth-order valence-electron chi connectivity index (χ4n) is 7.07. The zero-order valence-electron chi connectivity index (χ0n) is 13.3. The minimum Gasteiger partial charge on any atom is -0.300 e. The third-order valence-electron chi connectivity index (χ3n) is 8.15. The van der Waals surface area contributed by atoms with Crippen molar-refractivity contribution in [1.82, 2.24) is 0 Å². The molecule has 0 N–H and O–H groups in total. The Morgan fingerprint density at radius 1 is 0.950 bits per heavy atom. The predicted molar refractivity (Wildman–Crippen MR) is 81.4 cm³/mol. The molecule has 1 nitrogen and oxygen atoms in total. The maximum absolute atomic E-state index is 12.1. The van der Waals surface area contributed by atoms with Crippen LogP contribution >= 0.6 is 0 Å². The second kappa shape index (κ2) is 4.34. The Hall–Kier alpha value is -0.330. The molecule has 6 atom stereocenters. The quantitative estimate of drug-likeness (QED) is 0.608. The molecule has 4 fully saturated rings. The summed E-state index contributed by atoms with van der Waals surface area (Å²) in [5.74, 6) is 4.10. The highest BCUT2D eigenvalue weighted by Crippen LogP contribution is 2.65. The third-order valence-corrected chi connectivity index (χ3v) is 8.15. The zero-order valence-corrected chi connectivity index (χ0v) is 13.3. The van der Waals surface area contributed by atoms with E-state index in [2.05, 4.69) is 13.8 Å². The van der Waals surface area contributed by atoms with E-state index in [9.17, 15) is 4.79 Å². The highest BCUT2D eigenvalue weighted by Gasteiger charge is 2.58. The Balaban J connectivity index is 1.65. The Kier molecular flexibility index (Phi) is 2.89. The van der Waals surface area contributed by atoms with Crippen LogP contribution in [-0.4, -0.2) is 5.78 Å². The van der Waals surface area contributed by atoms with Gasteiger partial charge in [0.15, 0.2) is 0 Å². The van der Waals surface area contributed by atoms with Crippen molar-refractivity contribution in [2.45, 2.75) is 78.1 Å². The zero-order chi connectivity index (χ0) is 14.0. The molecule has 1 heteroatoms. The first-order chi connectivity index (χ1) is 9.53. The van der Waals surface area contributed by atoms with Crippen LogP contribution < -0.4 is 0 Å². The highest BCUT2D eigenvalue weighted by molar-refractivity contribution is 5.82. The van der Waals surface area contributed by atoms with E-state index < -0.39 is 0 Å². The van der Waals surface area contributed by atoms with Crippen molar-refractivity contribution in [1.29, 1.82) is 0 Å². The average Bonchev–Trinajstić information content (AvgIpc) is 2.72. The number of rotatable bonds is 0. The molecule has 0 aromatic carbocycles. The summed E-state index contributed by atoms with van der Waals surface area (Å²) in [5, 5.41) is 0. The van der Waals surface area contributed by atoms with Gasteiger partial charge in [-0.1, -0.05) is 26.7 Å². The van der Waals surface area contributed by atoms with Crippen molar-refractivity contribution >= 4 is 5.78 Å². The van der Waals surface area contributed by atoms with E-state index in [0.29, 0.717) is 16.6 Å². The van der Waals surface area contributed by atoms with Crippen molar-refractivity contribution in [2.75, 3.05) is 0 Å². The number of carbonyl (C=O) groups excluding carboxylic acids is 1. The lowest BCUT2D eigenvalue weighted by atomic mass is 9.45. The predicted octanol–water partition coefficient (Wildman–Crippen LogP) is 4.99. The molecule has 0 amide bonds. The molecule has 20 heavy (non-hydrogen) atoms. The van der Waals surface area contributed by atoms with Crippen LogP contribution in [0.5, 0.6) is 0 Å². The van der Waals surface area contributed by atoms with Gasteiger partial charge in [0.2, 0.25) is 0 Å². The van der Waals surface area contributed by atoms with E-state index in [0.717, 1.165) is 36.5 Å². The van der Waals surface area contributed by atoms with Gasteiger partial charge in [0.1, 0.15) is 5.78 Å². The molecule has 4 aliphatic carbocycles. The van der Waals surface area contributed by atoms with Gasteiger partial charge in [-0.25, -0.2) is 0 Å². The van der Waals surface area contributed by atoms with Crippen LogP contribution in [0.1, 0.15) is 78.1 Å². The first kappa shape index (κ1) is 13.3. The minimum absolute atomic E-state index is 0.371. The molecule has 0 spiro atoms. The van der Waals surface area contributed by atoms with E-state index in [1.165, 1.54) is 51.4 Å². The first-order valence-corrected chi connectivity index (χ1v) is 9.05. The monoisotopic (exact) mass is 274 g/mol. The van der Waals surface area contributed by atoms with Crippen molar-refractivity contribution in [2.24, 2.45) is 34.5 Å². The molecule has 0 heterocycles. The second-order valence-electron chi connectivity index (χ2n) is 9.01. The third kappa shape index (κ3) is 1.70. The first-order valence-electron chi connectivity index (χ1n) is 9.05. The van der Waals surface area contributed by atoms with Gasteiger partial charge in [-0.2, -0.15) is 0 Å². The van der Waals surface area contributed by atoms with Gasteiger partial charge < -0.3 is 0 Å². The Bertz CT molecular complexity index is 427. The SMILES string of the molecule is C[C@@]12CC[C@H]3[C@@H](CC[C@H]4CCCC[C@@]43C)[C@@H]1CC(=O)C2. The Labute approximate surface area is 123 Å². The van der Waals surface area contributed by atoms with Crippen molar-refractivity contribution in [3.63, 3.8) is 0 Å². The molecule has 0 bridgehead atoms. The van der Waals surface area contributed by atoms with Crippen LogP contribution in [0.25, 0.3) is 0 Å². The van der Waals surface area contributed by atoms with E-state index in [1.807, 2.05) is 0 Å². The summed E-state index contributed by atoms with van der Waals surface area (Å²) in [6.45, 7) is 5.04. The lowest BCUT2D eigenvalue weighted by Gasteiger charge is -2.59. The smallest absolute Gasteiger partial charge is 0.133 e. The van der Waals surface area contributed by atoms with Gasteiger partial charge >= 0.3 is 0 Å². The fourth-order valence-corrected chi connectivity index (χ4v) is 7.07. The summed E-state index contributed by atoms with van der Waals surface area (Å²) in [4.78, 5) is 12.1. The molecular weight excluding hydrogens is 244 g/mol. The molecule has 0 saturated heterocycles. The van der Waals surface area contributed by atoms with Gasteiger partial charge in [0, 0.05) is 12.8 Å². The number of carbonyl (C=O) groups is 1. The van der Waals surface area contributed by atoms with Gasteiger partial charge in [0.25, 0.3) is 0 Å². The van der Waals surface area contributed by atoms with E-state index in [4.69, 9.17) is 0 Å². The number of Topliss-reactive ketones (excluding diaryl/α,β-unsaturated/α-hetero) is 1. The second-order valence-corrected chi connectivity index (χ2v) is 9.01. The molecule has 0 unspecified atom stereocenters. The minimum atomic E-state index is 0.371. The normalized spacial score (nSPS) is 55.0. The van der Waals surface area contributed by atoms with Gasteiger partial charge in [-0.3, -0.25) is 4.79 Å². The maximum atomic E-state index is 12.1. The van der Waals surface area contributed by atoms with Crippen molar-refractivity contribution < 1.29 is 4.79 Å². The molecule has 4 aliphatic rings. The summed E-state index contributed by atoms with van der Waals surface area (Å²) in [6, 6.07) is 0. The number of ketones is 1. The number of hydrogen-bond donors (Lipinski definition) is 0. The Morgan fingerprint density at radius 3 is 2.65 bits per heavy atom. The average molecular weight is 274 g/mol. The highest BCUT2D eigenvalue weighted by atomic mass is 16.1.